The number of amides is 1. The minimum absolute atomic E-state index is 0.0770. The molecule has 0 fully saturated rings. The summed E-state index contributed by atoms with van der Waals surface area (Å²) >= 11 is 0. The van der Waals surface area contributed by atoms with Gasteiger partial charge in [0.1, 0.15) is 17.0 Å². The zero-order valence-electron chi connectivity index (χ0n) is 14.8. The highest BCUT2D eigenvalue weighted by Gasteiger charge is 2.45. The van der Waals surface area contributed by atoms with E-state index in [9.17, 15) is 14.0 Å². The fourth-order valence-electron chi connectivity index (χ4n) is 2.35. The Hall–Kier alpha value is -2.15. The summed E-state index contributed by atoms with van der Waals surface area (Å²) in [6, 6.07) is 5.79. The average molecular weight is 341 g/mol. The highest BCUT2D eigenvalue weighted by molar-refractivity contribution is 5.79. The lowest BCUT2D eigenvalue weighted by molar-refractivity contribution is -0.157. The molecule has 0 aliphatic rings. The van der Waals surface area contributed by atoms with E-state index in [2.05, 4.69) is 5.32 Å². The van der Waals surface area contributed by atoms with Crippen molar-refractivity contribution in [3.63, 3.8) is 0 Å². The molecule has 6 nitrogen and oxygen atoms in total. The van der Waals surface area contributed by atoms with Gasteiger partial charge in [-0.2, -0.15) is 0 Å². The van der Waals surface area contributed by atoms with Crippen LogP contribution in [0.3, 0.4) is 0 Å². The zero-order chi connectivity index (χ0) is 18.5. The highest BCUT2D eigenvalue weighted by atomic mass is 19.1. The van der Waals surface area contributed by atoms with Crippen molar-refractivity contribution in [3.8, 4) is 0 Å². The zero-order valence-corrected chi connectivity index (χ0v) is 14.8. The monoisotopic (exact) mass is 341 g/mol. The lowest BCUT2D eigenvalue weighted by Crippen LogP contribution is -2.57. The van der Waals surface area contributed by atoms with Crippen LogP contribution in [0.4, 0.5) is 9.18 Å². The van der Waals surface area contributed by atoms with E-state index in [0.717, 1.165) is 0 Å². The molecule has 0 aromatic heterocycles. The minimum atomic E-state index is -1.53. The summed E-state index contributed by atoms with van der Waals surface area (Å²) < 4.78 is 29.5. The van der Waals surface area contributed by atoms with Gasteiger partial charge in [-0.3, -0.25) is 0 Å². The second-order valence-corrected chi connectivity index (χ2v) is 6.45. The molecule has 0 heterocycles. The van der Waals surface area contributed by atoms with Gasteiger partial charge in [-0.25, -0.2) is 14.0 Å². The summed E-state index contributed by atoms with van der Waals surface area (Å²) in [6.45, 7) is 6.56. The van der Waals surface area contributed by atoms with Crippen LogP contribution < -0.4 is 5.32 Å². The van der Waals surface area contributed by atoms with Gasteiger partial charge in [0.25, 0.3) is 0 Å². The van der Waals surface area contributed by atoms with E-state index in [1.165, 1.54) is 39.3 Å². The number of carbonyl (C=O) groups excluding carboxylic acids is 2. The minimum Gasteiger partial charge on any atom is -0.467 e. The first-order valence-electron chi connectivity index (χ1n) is 7.42. The molecule has 1 rings (SSSR count). The summed E-state index contributed by atoms with van der Waals surface area (Å²) in [5.41, 5.74) is -2.21. The van der Waals surface area contributed by atoms with Crippen LogP contribution in [-0.2, 0) is 24.5 Å². The van der Waals surface area contributed by atoms with Crippen molar-refractivity contribution in [3.05, 3.63) is 35.6 Å². The number of halogens is 1. The SMILES string of the molecule is COC(=O)[C@H](OC)[C@](C)(NC(=O)OC(C)(C)C)c1ccccc1F. The molecule has 2 atom stereocenters. The van der Waals surface area contributed by atoms with E-state index < -0.39 is 35.1 Å². The van der Waals surface area contributed by atoms with Crippen LogP contribution in [0.5, 0.6) is 0 Å². The van der Waals surface area contributed by atoms with Gasteiger partial charge in [0.2, 0.25) is 0 Å². The smallest absolute Gasteiger partial charge is 0.408 e. The maximum Gasteiger partial charge on any atom is 0.408 e. The highest BCUT2D eigenvalue weighted by Crippen LogP contribution is 2.30. The van der Waals surface area contributed by atoms with Crippen molar-refractivity contribution in [2.45, 2.75) is 44.9 Å². The maximum atomic E-state index is 14.3. The Labute approximate surface area is 141 Å². The molecular formula is C17H24FNO5. The van der Waals surface area contributed by atoms with Gasteiger partial charge >= 0.3 is 12.1 Å². The van der Waals surface area contributed by atoms with Gasteiger partial charge in [0.15, 0.2) is 6.10 Å². The van der Waals surface area contributed by atoms with Crippen LogP contribution in [0.15, 0.2) is 24.3 Å². The first-order chi connectivity index (χ1) is 11.0. The third-order valence-corrected chi connectivity index (χ3v) is 3.37. The molecule has 0 unspecified atom stereocenters. The molecular weight excluding hydrogens is 317 g/mol. The first-order valence-corrected chi connectivity index (χ1v) is 7.42. The van der Waals surface area contributed by atoms with Gasteiger partial charge in [0, 0.05) is 12.7 Å². The molecule has 134 valence electrons. The number of benzene rings is 1. The van der Waals surface area contributed by atoms with Crippen molar-refractivity contribution in [2.24, 2.45) is 0 Å². The number of esters is 1. The molecule has 1 N–H and O–H groups in total. The van der Waals surface area contributed by atoms with Crippen LogP contribution in [0.1, 0.15) is 33.3 Å². The van der Waals surface area contributed by atoms with Crippen molar-refractivity contribution >= 4 is 12.1 Å². The van der Waals surface area contributed by atoms with Crippen molar-refractivity contribution in [1.29, 1.82) is 0 Å². The second kappa shape index (κ2) is 7.61. The van der Waals surface area contributed by atoms with Crippen LogP contribution >= 0.6 is 0 Å². The predicted molar refractivity (Wildman–Crippen MR) is 85.9 cm³/mol. The van der Waals surface area contributed by atoms with Crippen molar-refractivity contribution < 1.29 is 28.2 Å². The number of rotatable bonds is 5. The summed E-state index contributed by atoms with van der Waals surface area (Å²) in [4.78, 5) is 24.3. The largest absolute Gasteiger partial charge is 0.467 e. The third-order valence-electron chi connectivity index (χ3n) is 3.37. The molecule has 24 heavy (non-hydrogen) atoms. The Bertz CT molecular complexity index is 599. The van der Waals surface area contributed by atoms with E-state index in [-0.39, 0.29) is 5.56 Å². The average Bonchev–Trinajstić information content (AvgIpc) is 2.45. The molecule has 0 bridgehead atoms. The van der Waals surface area contributed by atoms with Crippen molar-refractivity contribution in [1.82, 2.24) is 5.32 Å². The molecule has 1 aromatic carbocycles. The number of methoxy groups -OCH3 is 2. The van der Waals surface area contributed by atoms with Gasteiger partial charge in [-0.1, -0.05) is 18.2 Å². The summed E-state index contributed by atoms with van der Waals surface area (Å²) in [7, 11) is 2.46. The van der Waals surface area contributed by atoms with Crippen LogP contribution in [-0.4, -0.2) is 38.0 Å². The molecule has 0 radical (unpaired) electrons. The van der Waals surface area contributed by atoms with Gasteiger partial charge in [-0.05, 0) is 33.8 Å². The van der Waals surface area contributed by atoms with Crippen LogP contribution in [0.25, 0.3) is 0 Å². The fraction of sp³-hybridized carbons (Fsp3) is 0.529. The number of nitrogens with one attached hydrogen (secondary N) is 1. The Kier molecular flexibility index (Phi) is 6.31. The normalized spacial score (nSPS) is 15.1. The standard InChI is InChI=1S/C17H24FNO5/c1-16(2,3)24-15(21)19-17(4,13(22-5)14(20)23-6)11-9-7-8-10-12(11)18/h7-10,13H,1-6H3,(H,19,21)/t13-,17+/m0/s1. The number of hydrogen-bond acceptors (Lipinski definition) is 5. The Balaban J connectivity index is 3.33. The maximum absolute atomic E-state index is 14.3. The van der Waals surface area contributed by atoms with Gasteiger partial charge < -0.3 is 19.5 Å². The van der Waals surface area contributed by atoms with Gasteiger partial charge in [0.05, 0.1) is 7.11 Å². The molecule has 1 aromatic rings. The number of carbonyl (C=O) groups is 2. The van der Waals surface area contributed by atoms with E-state index >= 15 is 0 Å². The molecule has 0 spiro atoms. The third kappa shape index (κ3) is 4.67. The fourth-order valence-corrected chi connectivity index (χ4v) is 2.35. The Morgan fingerprint density at radius 1 is 1.12 bits per heavy atom. The summed E-state index contributed by atoms with van der Waals surface area (Å²) in [6.07, 6.45) is -2.08. The molecule has 7 heteroatoms. The molecule has 0 aliphatic carbocycles. The van der Waals surface area contributed by atoms with Gasteiger partial charge in [-0.15, -0.1) is 0 Å². The number of hydrogen-bond donors (Lipinski definition) is 1. The quantitative estimate of drug-likeness (QED) is 0.834. The van der Waals surface area contributed by atoms with Crippen LogP contribution in [0, 0.1) is 5.82 Å². The van der Waals surface area contributed by atoms with E-state index in [1.54, 1.807) is 26.8 Å². The Morgan fingerprint density at radius 2 is 1.71 bits per heavy atom. The first kappa shape index (κ1) is 19.9. The topological polar surface area (TPSA) is 73.9 Å². The second-order valence-electron chi connectivity index (χ2n) is 6.45. The lowest BCUT2D eigenvalue weighted by atomic mass is 9.85. The molecule has 0 aliphatic heterocycles. The Morgan fingerprint density at radius 3 is 2.17 bits per heavy atom. The number of ether oxygens (including phenoxy) is 3. The number of alkyl carbamates (subject to hydrolysis) is 1. The predicted octanol–water partition coefficient (Wildman–Crippen LogP) is 2.75. The van der Waals surface area contributed by atoms with Crippen LogP contribution in [0.2, 0.25) is 0 Å². The van der Waals surface area contributed by atoms with E-state index in [4.69, 9.17) is 14.2 Å². The summed E-state index contributed by atoms with van der Waals surface area (Å²) in [5, 5.41) is 2.55. The van der Waals surface area contributed by atoms with E-state index in [0.29, 0.717) is 0 Å². The summed E-state index contributed by atoms with van der Waals surface area (Å²) in [5.74, 6) is -1.35. The molecule has 1 amide bonds. The molecule has 0 saturated heterocycles. The lowest BCUT2D eigenvalue weighted by Gasteiger charge is -2.36. The van der Waals surface area contributed by atoms with Crippen molar-refractivity contribution in [2.75, 3.05) is 14.2 Å². The van der Waals surface area contributed by atoms with E-state index in [1.807, 2.05) is 0 Å². The molecule has 0 saturated carbocycles.